The van der Waals surface area contributed by atoms with Crippen molar-refractivity contribution in [3.8, 4) is 0 Å². The number of hydrogen-bond acceptors (Lipinski definition) is 3. The minimum Gasteiger partial charge on any atom is -0.366 e. The van der Waals surface area contributed by atoms with Gasteiger partial charge < -0.3 is 16.0 Å². The summed E-state index contributed by atoms with van der Waals surface area (Å²) < 4.78 is 0. The van der Waals surface area contributed by atoms with Crippen molar-refractivity contribution in [2.24, 2.45) is 5.73 Å². The van der Waals surface area contributed by atoms with Gasteiger partial charge in [-0.3, -0.25) is 9.59 Å². The van der Waals surface area contributed by atoms with Crippen molar-refractivity contribution in [1.82, 2.24) is 15.3 Å². The molecule has 1 aromatic carbocycles. The summed E-state index contributed by atoms with van der Waals surface area (Å²) in [6.07, 6.45) is 7.19. The van der Waals surface area contributed by atoms with Crippen molar-refractivity contribution >= 4 is 17.9 Å². The van der Waals surface area contributed by atoms with E-state index in [-0.39, 0.29) is 5.91 Å². The monoisotopic (exact) mass is 284 g/mol. The van der Waals surface area contributed by atoms with Gasteiger partial charge in [-0.2, -0.15) is 0 Å². The zero-order valence-electron chi connectivity index (χ0n) is 11.4. The number of carbonyl (C=O) groups is 2. The van der Waals surface area contributed by atoms with E-state index < -0.39 is 5.91 Å². The van der Waals surface area contributed by atoms with Gasteiger partial charge in [-0.25, -0.2) is 4.98 Å². The molecule has 2 aromatic rings. The number of nitrogens with one attached hydrogen (secondary N) is 2. The molecule has 0 atom stereocenters. The molecule has 0 bridgehead atoms. The molecule has 6 heteroatoms. The van der Waals surface area contributed by atoms with Crippen LogP contribution in [0.4, 0.5) is 0 Å². The van der Waals surface area contributed by atoms with E-state index in [2.05, 4.69) is 15.3 Å². The Balaban J connectivity index is 1.80. The van der Waals surface area contributed by atoms with Crippen LogP contribution in [0.25, 0.3) is 6.08 Å². The molecule has 0 aliphatic rings. The van der Waals surface area contributed by atoms with Gasteiger partial charge >= 0.3 is 0 Å². The molecule has 2 rings (SSSR count). The van der Waals surface area contributed by atoms with Crippen LogP contribution in [0.1, 0.15) is 21.7 Å². The SMILES string of the molecule is NC(=O)c1ccc(/C=C/C(=O)NCCc2ncc[nH]2)cc1. The lowest BCUT2D eigenvalue weighted by Crippen LogP contribution is -2.23. The number of amides is 2. The molecule has 108 valence electrons. The maximum absolute atomic E-state index is 11.6. The Bertz CT molecular complexity index is 630. The van der Waals surface area contributed by atoms with E-state index >= 15 is 0 Å². The summed E-state index contributed by atoms with van der Waals surface area (Å²) >= 11 is 0. The average molecular weight is 284 g/mol. The van der Waals surface area contributed by atoms with Crippen LogP contribution in [0.5, 0.6) is 0 Å². The smallest absolute Gasteiger partial charge is 0.248 e. The predicted octanol–water partition coefficient (Wildman–Crippen LogP) is 0.881. The number of hydrogen-bond donors (Lipinski definition) is 3. The summed E-state index contributed by atoms with van der Waals surface area (Å²) in [5, 5.41) is 2.76. The van der Waals surface area contributed by atoms with E-state index in [0.717, 1.165) is 11.4 Å². The fourth-order valence-electron chi connectivity index (χ4n) is 1.73. The Labute approximate surface area is 122 Å². The van der Waals surface area contributed by atoms with Gasteiger partial charge in [0.1, 0.15) is 5.82 Å². The predicted molar refractivity (Wildman–Crippen MR) is 79.3 cm³/mol. The van der Waals surface area contributed by atoms with E-state index in [1.807, 2.05) is 0 Å². The van der Waals surface area contributed by atoms with Crippen molar-refractivity contribution < 1.29 is 9.59 Å². The Morgan fingerprint density at radius 2 is 2.05 bits per heavy atom. The van der Waals surface area contributed by atoms with Gasteiger partial charge in [0.15, 0.2) is 0 Å². The number of primary amides is 1. The molecule has 0 fully saturated rings. The normalized spacial score (nSPS) is 10.7. The van der Waals surface area contributed by atoms with E-state index in [9.17, 15) is 9.59 Å². The van der Waals surface area contributed by atoms with Crippen molar-refractivity contribution in [2.75, 3.05) is 6.54 Å². The zero-order chi connectivity index (χ0) is 15.1. The summed E-state index contributed by atoms with van der Waals surface area (Å²) in [7, 11) is 0. The fourth-order valence-corrected chi connectivity index (χ4v) is 1.73. The van der Waals surface area contributed by atoms with Crippen molar-refractivity contribution in [2.45, 2.75) is 6.42 Å². The third kappa shape index (κ3) is 4.61. The molecule has 0 aliphatic carbocycles. The molecule has 0 spiro atoms. The Morgan fingerprint density at radius 3 is 2.67 bits per heavy atom. The van der Waals surface area contributed by atoms with Crippen LogP contribution < -0.4 is 11.1 Å². The largest absolute Gasteiger partial charge is 0.366 e. The van der Waals surface area contributed by atoms with Crippen LogP contribution >= 0.6 is 0 Å². The first-order valence-corrected chi connectivity index (χ1v) is 6.49. The number of imidazole rings is 1. The number of aromatic nitrogens is 2. The number of nitrogens with zero attached hydrogens (tertiary/aromatic N) is 1. The molecule has 1 aromatic heterocycles. The molecule has 2 amide bonds. The average Bonchev–Trinajstić information content (AvgIpc) is 2.99. The van der Waals surface area contributed by atoms with Crippen molar-refractivity contribution in [1.29, 1.82) is 0 Å². The van der Waals surface area contributed by atoms with Gasteiger partial charge in [0, 0.05) is 37.0 Å². The van der Waals surface area contributed by atoms with Gasteiger partial charge in [0.2, 0.25) is 11.8 Å². The Morgan fingerprint density at radius 1 is 1.29 bits per heavy atom. The number of rotatable bonds is 6. The van der Waals surface area contributed by atoms with Crippen LogP contribution in [0.3, 0.4) is 0 Å². The molecule has 0 unspecified atom stereocenters. The number of aromatic amines is 1. The van der Waals surface area contributed by atoms with Gasteiger partial charge in [-0.1, -0.05) is 12.1 Å². The van der Waals surface area contributed by atoms with Crippen LogP contribution in [-0.4, -0.2) is 28.3 Å². The quantitative estimate of drug-likeness (QED) is 0.686. The molecular formula is C15H16N4O2. The summed E-state index contributed by atoms with van der Waals surface area (Å²) in [4.78, 5) is 29.6. The van der Waals surface area contributed by atoms with Gasteiger partial charge in [0.05, 0.1) is 0 Å². The molecular weight excluding hydrogens is 268 g/mol. The molecule has 0 aliphatic heterocycles. The highest BCUT2D eigenvalue weighted by Gasteiger charge is 1.99. The minimum absolute atomic E-state index is 0.180. The zero-order valence-corrected chi connectivity index (χ0v) is 11.4. The Kier molecular flexibility index (Phi) is 4.87. The first-order chi connectivity index (χ1) is 10.1. The van der Waals surface area contributed by atoms with Crippen LogP contribution in [0.15, 0.2) is 42.7 Å². The third-order valence-corrected chi connectivity index (χ3v) is 2.84. The lowest BCUT2D eigenvalue weighted by atomic mass is 10.1. The molecule has 6 nitrogen and oxygen atoms in total. The number of benzene rings is 1. The highest BCUT2D eigenvalue weighted by molar-refractivity contribution is 5.94. The molecule has 1 heterocycles. The summed E-state index contributed by atoms with van der Waals surface area (Å²) in [6.45, 7) is 0.511. The van der Waals surface area contributed by atoms with E-state index in [1.54, 1.807) is 42.7 Å². The van der Waals surface area contributed by atoms with Crippen molar-refractivity contribution in [3.05, 3.63) is 59.7 Å². The van der Waals surface area contributed by atoms with Crippen LogP contribution in [-0.2, 0) is 11.2 Å². The number of H-pyrrole nitrogens is 1. The molecule has 0 radical (unpaired) electrons. The van der Waals surface area contributed by atoms with E-state index in [1.165, 1.54) is 6.08 Å². The van der Waals surface area contributed by atoms with E-state index in [4.69, 9.17) is 5.73 Å². The number of nitrogens with two attached hydrogens (primary N) is 1. The van der Waals surface area contributed by atoms with Gasteiger partial charge in [-0.05, 0) is 23.8 Å². The van der Waals surface area contributed by atoms with Gasteiger partial charge in [0.25, 0.3) is 0 Å². The number of carbonyl (C=O) groups excluding carboxylic acids is 2. The highest BCUT2D eigenvalue weighted by atomic mass is 16.1. The van der Waals surface area contributed by atoms with Crippen molar-refractivity contribution in [3.63, 3.8) is 0 Å². The van der Waals surface area contributed by atoms with Crippen LogP contribution in [0, 0.1) is 0 Å². The summed E-state index contributed by atoms with van der Waals surface area (Å²) in [5.41, 5.74) is 6.41. The summed E-state index contributed by atoms with van der Waals surface area (Å²) in [5.74, 6) is 0.183. The third-order valence-electron chi connectivity index (χ3n) is 2.84. The lowest BCUT2D eigenvalue weighted by molar-refractivity contribution is -0.116. The molecule has 21 heavy (non-hydrogen) atoms. The standard InChI is InChI=1S/C15H16N4O2/c16-15(21)12-4-1-11(2-5-12)3-6-14(20)19-8-7-13-17-9-10-18-13/h1-6,9-10H,7-8H2,(H2,16,21)(H,17,18)(H,19,20)/b6-3+. The van der Waals surface area contributed by atoms with Crippen LogP contribution in [0.2, 0.25) is 0 Å². The summed E-state index contributed by atoms with van der Waals surface area (Å²) in [6, 6.07) is 6.70. The Hall–Kier alpha value is -2.89. The molecule has 0 saturated heterocycles. The molecule has 4 N–H and O–H groups in total. The topological polar surface area (TPSA) is 101 Å². The van der Waals surface area contributed by atoms with Gasteiger partial charge in [-0.15, -0.1) is 0 Å². The first-order valence-electron chi connectivity index (χ1n) is 6.49. The first kappa shape index (κ1) is 14.5. The fraction of sp³-hybridized carbons (Fsp3) is 0.133. The minimum atomic E-state index is -0.471. The maximum Gasteiger partial charge on any atom is 0.248 e. The lowest BCUT2D eigenvalue weighted by Gasteiger charge is -2.00. The second kappa shape index (κ2) is 7.04. The molecule has 0 saturated carbocycles. The highest BCUT2D eigenvalue weighted by Crippen LogP contribution is 2.05. The second-order valence-corrected chi connectivity index (χ2v) is 4.40. The maximum atomic E-state index is 11.6. The van der Waals surface area contributed by atoms with E-state index in [0.29, 0.717) is 18.5 Å². The second-order valence-electron chi connectivity index (χ2n) is 4.40.